The standard InChI is InChI=1S/C22H24N4O2/c1-25(2)20(18-11-7-4-8-12-18)15-23-22(28)19-13-14-21(27)26(24-19)16-17-9-5-3-6-10-17/h3-14,20H,15-16H2,1-2H3,(H,23,28). The largest absolute Gasteiger partial charge is 0.349 e. The van der Waals surface area contributed by atoms with E-state index in [9.17, 15) is 9.59 Å². The fraction of sp³-hybridized carbons (Fsp3) is 0.227. The van der Waals surface area contributed by atoms with Crippen LogP contribution in [0.25, 0.3) is 0 Å². The van der Waals surface area contributed by atoms with Gasteiger partial charge in [-0.3, -0.25) is 9.59 Å². The summed E-state index contributed by atoms with van der Waals surface area (Å²) in [6.07, 6.45) is 0. The molecule has 0 spiro atoms. The fourth-order valence-electron chi connectivity index (χ4n) is 2.99. The van der Waals surface area contributed by atoms with E-state index in [1.54, 1.807) is 0 Å². The summed E-state index contributed by atoms with van der Waals surface area (Å²) in [5.41, 5.74) is 2.05. The molecule has 0 saturated carbocycles. The highest BCUT2D eigenvalue weighted by molar-refractivity contribution is 5.92. The van der Waals surface area contributed by atoms with Gasteiger partial charge in [-0.2, -0.15) is 5.10 Å². The summed E-state index contributed by atoms with van der Waals surface area (Å²) in [7, 11) is 3.95. The molecule has 6 heteroatoms. The van der Waals surface area contributed by atoms with Crippen LogP contribution < -0.4 is 10.9 Å². The van der Waals surface area contributed by atoms with Gasteiger partial charge in [0.25, 0.3) is 11.5 Å². The van der Waals surface area contributed by atoms with Crippen LogP contribution in [-0.4, -0.2) is 41.2 Å². The van der Waals surface area contributed by atoms with Gasteiger partial charge in [0, 0.05) is 12.6 Å². The number of likely N-dealkylation sites (N-methyl/N-ethyl adjacent to an activating group) is 1. The second-order valence-electron chi connectivity index (χ2n) is 6.80. The van der Waals surface area contributed by atoms with Crippen LogP contribution in [0, 0.1) is 0 Å². The van der Waals surface area contributed by atoms with Gasteiger partial charge in [0.2, 0.25) is 0 Å². The Morgan fingerprint density at radius 2 is 1.64 bits per heavy atom. The van der Waals surface area contributed by atoms with Crippen LogP contribution in [-0.2, 0) is 6.54 Å². The van der Waals surface area contributed by atoms with Gasteiger partial charge in [-0.15, -0.1) is 0 Å². The summed E-state index contributed by atoms with van der Waals surface area (Å²) in [6, 6.07) is 22.5. The van der Waals surface area contributed by atoms with Gasteiger partial charge in [0.15, 0.2) is 0 Å². The number of rotatable bonds is 7. The van der Waals surface area contributed by atoms with Crippen LogP contribution in [0.3, 0.4) is 0 Å². The molecule has 28 heavy (non-hydrogen) atoms. The normalized spacial score (nSPS) is 12.0. The molecule has 0 bridgehead atoms. The van der Waals surface area contributed by atoms with E-state index < -0.39 is 0 Å². The molecule has 6 nitrogen and oxygen atoms in total. The zero-order valence-corrected chi connectivity index (χ0v) is 16.1. The van der Waals surface area contributed by atoms with Crippen molar-refractivity contribution in [3.05, 3.63) is 100.0 Å². The molecule has 1 N–H and O–H groups in total. The molecule has 1 atom stereocenters. The average molecular weight is 376 g/mol. The van der Waals surface area contributed by atoms with Crippen molar-refractivity contribution in [2.45, 2.75) is 12.6 Å². The Hall–Kier alpha value is -3.25. The van der Waals surface area contributed by atoms with E-state index in [-0.39, 0.29) is 23.2 Å². The van der Waals surface area contributed by atoms with Crippen molar-refractivity contribution < 1.29 is 4.79 Å². The maximum absolute atomic E-state index is 12.6. The third-order valence-corrected chi connectivity index (χ3v) is 4.54. The lowest BCUT2D eigenvalue weighted by molar-refractivity contribution is 0.0934. The van der Waals surface area contributed by atoms with Crippen molar-refractivity contribution >= 4 is 5.91 Å². The second kappa shape index (κ2) is 9.10. The van der Waals surface area contributed by atoms with Gasteiger partial charge < -0.3 is 10.2 Å². The summed E-state index contributed by atoms with van der Waals surface area (Å²) in [4.78, 5) is 26.8. The monoisotopic (exact) mass is 376 g/mol. The van der Waals surface area contributed by atoms with Crippen LogP contribution in [0.15, 0.2) is 77.6 Å². The molecule has 0 aliphatic heterocycles. The Bertz CT molecular complexity index is 969. The SMILES string of the molecule is CN(C)C(CNC(=O)c1ccc(=O)n(Cc2ccccc2)n1)c1ccccc1. The van der Waals surface area contributed by atoms with E-state index in [1.165, 1.54) is 16.8 Å². The Balaban J connectivity index is 1.72. The Labute approximate surface area is 164 Å². The lowest BCUT2D eigenvalue weighted by Gasteiger charge is -2.25. The minimum absolute atomic E-state index is 0.0420. The zero-order chi connectivity index (χ0) is 19.9. The Kier molecular flexibility index (Phi) is 6.34. The van der Waals surface area contributed by atoms with Crippen LogP contribution in [0.4, 0.5) is 0 Å². The highest BCUT2D eigenvalue weighted by atomic mass is 16.2. The van der Waals surface area contributed by atoms with Crippen molar-refractivity contribution in [2.75, 3.05) is 20.6 Å². The number of amides is 1. The molecular formula is C22H24N4O2. The molecule has 1 amide bonds. The number of hydrogen-bond donors (Lipinski definition) is 1. The van der Waals surface area contributed by atoms with Gasteiger partial charge in [-0.25, -0.2) is 4.68 Å². The lowest BCUT2D eigenvalue weighted by Crippen LogP contribution is -2.36. The summed E-state index contributed by atoms with van der Waals surface area (Å²) in [5.74, 6) is -0.301. The van der Waals surface area contributed by atoms with Crippen molar-refractivity contribution in [2.24, 2.45) is 0 Å². The van der Waals surface area contributed by atoms with Gasteiger partial charge in [-0.05, 0) is 31.3 Å². The van der Waals surface area contributed by atoms with Crippen LogP contribution >= 0.6 is 0 Å². The van der Waals surface area contributed by atoms with Crippen molar-refractivity contribution in [3.8, 4) is 0 Å². The molecule has 0 fully saturated rings. The van der Waals surface area contributed by atoms with Crippen molar-refractivity contribution in [3.63, 3.8) is 0 Å². The van der Waals surface area contributed by atoms with E-state index in [0.717, 1.165) is 11.1 Å². The van der Waals surface area contributed by atoms with Crippen LogP contribution in [0.1, 0.15) is 27.7 Å². The van der Waals surface area contributed by atoms with Gasteiger partial charge in [0.05, 0.1) is 12.6 Å². The van der Waals surface area contributed by atoms with Crippen LogP contribution in [0.2, 0.25) is 0 Å². The van der Waals surface area contributed by atoms with E-state index >= 15 is 0 Å². The molecule has 0 aliphatic rings. The van der Waals surface area contributed by atoms with Crippen molar-refractivity contribution in [1.82, 2.24) is 20.0 Å². The lowest BCUT2D eigenvalue weighted by atomic mass is 10.1. The van der Waals surface area contributed by atoms with Crippen LogP contribution in [0.5, 0.6) is 0 Å². The molecule has 1 heterocycles. The van der Waals surface area contributed by atoms with E-state index in [0.29, 0.717) is 13.1 Å². The van der Waals surface area contributed by atoms with Gasteiger partial charge in [0.1, 0.15) is 5.69 Å². The predicted octanol–water partition coefficient (Wildman–Crippen LogP) is 2.32. The first kappa shape index (κ1) is 19.5. The quantitative estimate of drug-likeness (QED) is 0.687. The van der Waals surface area contributed by atoms with Gasteiger partial charge >= 0.3 is 0 Å². The summed E-state index contributed by atoms with van der Waals surface area (Å²) in [6.45, 7) is 0.764. The first-order valence-corrected chi connectivity index (χ1v) is 9.16. The molecule has 3 aromatic rings. The minimum Gasteiger partial charge on any atom is -0.349 e. The number of carbonyl (C=O) groups excluding carboxylic acids is 1. The summed E-state index contributed by atoms with van der Waals surface area (Å²) >= 11 is 0. The number of benzene rings is 2. The third kappa shape index (κ3) is 4.92. The molecule has 0 aliphatic carbocycles. The number of nitrogens with one attached hydrogen (secondary N) is 1. The first-order chi connectivity index (χ1) is 13.5. The maximum Gasteiger partial charge on any atom is 0.271 e. The minimum atomic E-state index is -0.301. The second-order valence-corrected chi connectivity index (χ2v) is 6.80. The number of hydrogen-bond acceptors (Lipinski definition) is 4. The summed E-state index contributed by atoms with van der Waals surface area (Å²) < 4.78 is 1.31. The Morgan fingerprint density at radius 1 is 1.00 bits per heavy atom. The summed E-state index contributed by atoms with van der Waals surface area (Å²) in [5, 5.41) is 7.17. The molecule has 0 saturated heterocycles. The van der Waals surface area contributed by atoms with E-state index in [4.69, 9.17) is 0 Å². The van der Waals surface area contributed by atoms with E-state index in [1.807, 2.05) is 74.8 Å². The van der Waals surface area contributed by atoms with Gasteiger partial charge in [-0.1, -0.05) is 60.7 Å². The van der Waals surface area contributed by atoms with E-state index in [2.05, 4.69) is 15.3 Å². The first-order valence-electron chi connectivity index (χ1n) is 9.16. The molecular weight excluding hydrogens is 352 g/mol. The van der Waals surface area contributed by atoms with Crippen molar-refractivity contribution in [1.29, 1.82) is 0 Å². The molecule has 1 aromatic heterocycles. The molecule has 0 radical (unpaired) electrons. The average Bonchev–Trinajstić information content (AvgIpc) is 2.71. The highest BCUT2D eigenvalue weighted by Gasteiger charge is 2.16. The number of carbonyl (C=O) groups is 1. The number of aromatic nitrogens is 2. The molecule has 1 unspecified atom stereocenters. The molecule has 2 aromatic carbocycles. The maximum atomic E-state index is 12.6. The predicted molar refractivity (Wildman–Crippen MR) is 109 cm³/mol. The topological polar surface area (TPSA) is 67.2 Å². The molecule has 144 valence electrons. The molecule has 3 rings (SSSR count). The third-order valence-electron chi connectivity index (χ3n) is 4.54. The highest BCUT2D eigenvalue weighted by Crippen LogP contribution is 2.16. The number of nitrogens with zero attached hydrogens (tertiary/aromatic N) is 3. The smallest absolute Gasteiger partial charge is 0.271 e. The fourth-order valence-corrected chi connectivity index (χ4v) is 2.99. The zero-order valence-electron chi connectivity index (χ0n) is 16.1. The Morgan fingerprint density at radius 3 is 2.29 bits per heavy atom.